The molecule has 0 aliphatic carbocycles. The van der Waals surface area contributed by atoms with E-state index in [4.69, 9.17) is 11.6 Å². The molecule has 2 N–H and O–H groups in total. The van der Waals surface area contributed by atoms with Crippen molar-refractivity contribution in [2.75, 3.05) is 10.6 Å². The molecule has 3 aromatic heterocycles. The summed E-state index contributed by atoms with van der Waals surface area (Å²) in [5.74, 6) is -0.489. The van der Waals surface area contributed by atoms with Gasteiger partial charge in [0, 0.05) is 31.1 Å². The molecule has 0 aliphatic heterocycles. The van der Waals surface area contributed by atoms with Gasteiger partial charge < -0.3 is 10.6 Å². The second-order valence-electron chi connectivity index (χ2n) is 6.14. The lowest BCUT2D eigenvalue weighted by molar-refractivity contribution is -0.114. The van der Waals surface area contributed by atoms with Crippen LogP contribution in [-0.4, -0.2) is 26.8 Å². The maximum atomic E-state index is 12.4. The molecule has 0 radical (unpaired) electrons. The molecule has 0 bridgehead atoms. The number of fused-ring (bicyclic) bond motifs is 1. The number of halogens is 1. The molecule has 3 heterocycles. The lowest BCUT2D eigenvalue weighted by atomic mass is 10.1. The third-order valence-corrected chi connectivity index (χ3v) is 5.25. The molecule has 0 saturated heterocycles. The molecule has 0 saturated carbocycles. The Kier molecular flexibility index (Phi) is 5.20. The van der Waals surface area contributed by atoms with Crippen molar-refractivity contribution in [1.82, 2.24) is 15.0 Å². The first kappa shape index (κ1) is 19.0. The minimum atomic E-state index is -0.322. The van der Waals surface area contributed by atoms with E-state index < -0.39 is 0 Å². The van der Waals surface area contributed by atoms with Gasteiger partial charge in [0.05, 0.1) is 21.5 Å². The van der Waals surface area contributed by atoms with Gasteiger partial charge in [-0.1, -0.05) is 29.0 Å². The first-order valence-corrected chi connectivity index (χ1v) is 9.74. The van der Waals surface area contributed by atoms with Crippen LogP contribution < -0.4 is 10.6 Å². The average Bonchev–Trinajstić information content (AvgIpc) is 3.11. The zero-order chi connectivity index (χ0) is 20.4. The summed E-state index contributed by atoms with van der Waals surface area (Å²) in [7, 11) is 0. The van der Waals surface area contributed by atoms with Crippen molar-refractivity contribution in [3.63, 3.8) is 0 Å². The number of amides is 2. The number of anilines is 2. The molecule has 0 aliphatic rings. The molecule has 0 spiro atoms. The number of nitrogens with one attached hydrogen (secondary N) is 2. The number of hydrogen-bond donors (Lipinski definition) is 2. The molecule has 7 nitrogen and oxygen atoms in total. The monoisotopic (exact) mass is 423 g/mol. The Bertz CT molecular complexity index is 1230. The fraction of sp³-hybridized carbons (Fsp3) is 0.0500. The fourth-order valence-electron chi connectivity index (χ4n) is 2.69. The molecular weight excluding hydrogens is 410 g/mol. The summed E-state index contributed by atoms with van der Waals surface area (Å²) < 4.78 is 0.919. The van der Waals surface area contributed by atoms with Crippen molar-refractivity contribution in [2.24, 2.45) is 0 Å². The highest BCUT2D eigenvalue weighted by Crippen LogP contribution is 2.32. The van der Waals surface area contributed by atoms with E-state index in [9.17, 15) is 9.59 Å². The van der Waals surface area contributed by atoms with Gasteiger partial charge in [-0.15, -0.1) is 0 Å². The number of nitrogens with zero attached hydrogens (tertiary/aromatic N) is 3. The normalized spacial score (nSPS) is 10.7. The van der Waals surface area contributed by atoms with Crippen molar-refractivity contribution in [2.45, 2.75) is 6.92 Å². The van der Waals surface area contributed by atoms with Crippen LogP contribution in [0.25, 0.3) is 21.3 Å². The summed E-state index contributed by atoms with van der Waals surface area (Å²) in [4.78, 5) is 36.2. The van der Waals surface area contributed by atoms with Crippen molar-refractivity contribution < 1.29 is 9.59 Å². The Morgan fingerprint density at radius 3 is 2.69 bits per heavy atom. The molecule has 1 aromatic carbocycles. The second kappa shape index (κ2) is 7.94. The number of rotatable bonds is 4. The van der Waals surface area contributed by atoms with Crippen LogP contribution in [0.1, 0.15) is 17.3 Å². The van der Waals surface area contributed by atoms with Gasteiger partial charge in [-0.3, -0.25) is 14.6 Å². The van der Waals surface area contributed by atoms with Gasteiger partial charge in [-0.2, -0.15) is 0 Å². The summed E-state index contributed by atoms with van der Waals surface area (Å²) >= 11 is 7.56. The molecule has 29 heavy (non-hydrogen) atoms. The summed E-state index contributed by atoms with van der Waals surface area (Å²) in [5, 5.41) is 6.20. The second-order valence-corrected chi connectivity index (χ2v) is 7.53. The Labute approximate surface area is 174 Å². The molecule has 0 fully saturated rings. The number of aromatic nitrogens is 3. The van der Waals surface area contributed by atoms with E-state index in [0.717, 1.165) is 21.3 Å². The molecular formula is C20H14ClN5O2S. The van der Waals surface area contributed by atoms with Gasteiger partial charge >= 0.3 is 0 Å². The Morgan fingerprint density at radius 1 is 1.07 bits per heavy atom. The maximum Gasteiger partial charge on any atom is 0.257 e. The third-order valence-electron chi connectivity index (χ3n) is 4.02. The van der Waals surface area contributed by atoms with Crippen molar-refractivity contribution >= 4 is 55.8 Å². The van der Waals surface area contributed by atoms with Gasteiger partial charge in [0.2, 0.25) is 5.91 Å². The fourth-order valence-corrected chi connectivity index (χ4v) is 3.80. The van der Waals surface area contributed by atoms with Crippen LogP contribution in [0.3, 0.4) is 0 Å². The topological polar surface area (TPSA) is 96.9 Å². The lowest BCUT2D eigenvalue weighted by Gasteiger charge is -2.09. The zero-order valence-electron chi connectivity index (χ0n) is 15.1. The van der Waals surface area contributed by atoms with E-state index in [1.54, 1.807) is 30.6 Å². The van der Waals surface area contributed by atoms with Gasteiger partial charge in [-0.05, 0) is 35.9 Å². The number of thiazole rings is 1. The van der Waals surface area contributed by atoms with Crippen molar-refractivity contribution in [3.8, 4) is 11.1 Å². The van der Waals surface area contributed by atoms with Crippen LogP contribution in [0.5, 0.6) is 0 Å². The van der Waals surface area contributed by atoms with Crippen LogP contribution in [-0.2, 0) is 4.79 Å². The third kappa shape index (κ3) is 4.23. The van der Waals surface area contributed by atoms with Crippen LogP contribution in [0.4, 0.5) is 10.8 Å². The number of hydrogen-bond acceptors (Lipinski definition) is 6. The highest BCUT2D eigenvalue weighted by atomic mass is 35.5. The summed E-state index contributed by atoms with van der Waals surface area (Å²) in [6, 6.07) is 10.8. The molecule has 9 heteroatoms. The smallest absolute Gasteiger partial charge is 0.257 e. The van der Waals surface area contributed by atoms with E-state index >= 15 is 0 Å². The minimum Gasteiger partial charge on any atom is -0.319 e. The Hall–Kier alpha value is -3.36. The van der Waals surface area contributed by atoms with Crippen LogP contribution in [0.15, 0.2) is 55.0 Å². The molecule has 4 aromatic rings. The van der Waals surface area contributed by atoms with Crippen LogP contribution in [0.2, 0.25) is 5.15 Å². The first-order chi connectivity index (χ1) is 14.0. The predicted octanol–water partition coefficient (Wildman–Crippen LogP) is 4.62. The number of benzene rings is 1. The highest BCUT2D eigenvalue weighted by molar-refractivity contribution is 7.22. The number of carbonyl (C=O) groups excluding carboxylic acids is 2. The molecule has 2 amide bonds. The highest BCUT2D eigenvalue weighted by Gasteiger charge is 2.12. The summed E-state index contributed by atoms with van der Waals surface area (Å²) in [6.07, 6.45) is 4.71. The summed E-state index contributed by atoms with van der Waals surface area (Å²) in [6.45, 7) is 1.44. The van der Waals surface area contributed by atoms with Gasteiger partial charge in [0.1, 0.15) is 0 Å². The Morgan fingerprint density at radius 2 is 1.93 bits per heavy atom. The standard InChI is InChI=1S/C20H14ClN5O2S/c1-11(27)24-20-26-15-5-4-12(8-17(15)29-20)14-7-16(18(21)23-10-14)25-19(28)13-3-2-6-22-9-13/h2-10H,1H3,(H,25,28)(H,24,26,27). The molecule has 4 rings (SSSR count). The zero-order valence-corrected chi connectivity index (χ0v) is 16.7. The molecule has 0 unspecified atom stereocenters. The summed E-state index contributed by atoms with van der Waals surface area (Å²) in [5.41, 5.74) is 3.28. The average molecular weight is 424 g/mol. The number of pyridine rings is 2. The molecule has 0 atom stereocenters. The maximum absolute atomic E-state index is 12.4. The largest absolute Gasteiger partial charge is 0.319 e. The van der Waals surface area contributed by atoms with E-state index in [0.29, 0.717) is 16.4 Å². The quantitative estimate of drug-likeness (QED) is 0.467. The first-order valence-electron chi connectivity index (χ1n) is 8.55. The SMILES string of the molecule is CC(=O)Nc1nc2ccc(-c3cnc(Cl)c(NC(=O)c4cccnc4)c3)cc2s1. The van der Waals surface area contributed by atoms with E-state index in [2.05, 4.69) is 25.6 Å². The van der Waals surface area contributed by atoms with Crippen LogP contribution >= 0.6 is 22.9 Å². The van der Waals surface area contributed by atoms with Gasteiger partial charge in [0.25, 0.3) is 5.91 Å². The lowest BCUT2D eigenvalue weighted by Crippen LogP contribution is -2.12. The van der Waals surface area contributed by atoms with Crippen LogP contribution in [0, 0.1) is 0 Å². The molecule has 144 valence electrons. The Balaban J connectivity index is 1.64. The van der Waals surface area contributed by atoms with Crippen molar-refractivity contribution in [1.29, 1.82) is 0 Å². The predicted molar refractivity (Wildman–Crippen MR) is 114 cm³/mol. The number of carbonyl (C=O) groups is 2. The van der Waals surface area contributed by atoms with E-state index in [1.807, 2.05) is 18.2 Å². The van der Waals surface area contributed by atoms with Gasteiger partial charge in [0.15, 0.2) is 10.3 Å². The van der Waals surface area contributed by atoms with Crippen molar-refractivity contribution in [3.05, 3.63) is 65.7 Å². The van der Waals surface area contributed by atoms with E-state index in [-0.39, 0.29) is 17.0 Å². The van der Waals surface area contributed by atoms with E-state index in [1.165, 1.54) is 24.5 Å². The van der Waals surface area contributed by atoms with Gasteiger partial charge in [-0.25, -0.2) is 9.97 Å². The minimum absolute atomic E-state index is 0.166.